The number of aryl methyl sites for hydroxylation is 1. The number of nitrogens with zero attached hydrogens (tertiary/aromatic N) is 2. The number of rotatable bonds is 7. The Balaban J connectivity index is 2.42. The second-order valence-corrected chi connectivity index (χ2v) is 5.51. The van der Waals surface area contributed by atoms with E-state index in [4.69, 9.17) is 0 Å². The first-order valence-electron chi connectivity index (χ1n) is 7.11. The predicted octanol–water partition coefficient (Wildman–Crippen LogP) is 1.02. The molecule has 116 valence electrons. The molecule has 21 heavy (non-hydrogen) atoms. The Hall–Kier alpha value is -1.88. The van der Waals surface area contributed by atoms with Crippen molar-refractivity contribution in [1.29, 1.82) is 0 Å². The molecule has 0 aliphatic carbocycles. The minimum atomic E-state index is -0.135. The van der Waals surface area contributed by atoms with Crippen LogP contribution in [0.15, 0.2) is 24.3 Å². The quantitative estimate of drug-likeness (QED) is 0.816. The van der Waals surface area contributed by atoms with E-state index in [1.165, 1.54) is 12.5 Å². The summed E-state index contributed by atoms with van der Waals surface area (Å²) < 4.78 is 0. The molecule has 1 aromatic carbocycles. The standard InChI is InChI=1S/C16H25N3O2/c1-13-5-7-15(8-6-13)11-17-16(21)12-19(14(2)20)10-9-18(3)4/h5-8H,9-12H2,1-4H3,(H,17,21). The van der Waals surface area contributed by atoms with Crippen LogP contribution in [0.5, 0.6) is 0 Å². The van der Waals surface area contributed by atoms with E-state index < -0.39 is 0 Å². The molecule has 0 aromatic heterocycles. The second-order valence-electron chi connectivity index (χ2n) is 5.51. The smallest absolute Gasteiger partial charge is 0.239 e. The Morgan fingerprint density at radius 3 is 2.24 bits per heavy atom. The van der Waals surface area contributed by atoms with Crippen LogP contribution in [0.3, 0.4) is 0 Å². The molecule has 1 aromatic rings. The fourth-order valence-electron chi connectivity index (χ4n) is 1.80. The van der Waals surface area contributed by atoms with Crippen molar-refractivity contribution in [3.63, 3.8) is 0 Å². The van der Waals surface area contributed by atoms with E-state index in [1.807, 2.05) is 50.2 Å². The zero-order valence-corrected chi connectivity index (χ0v) is 13.3. The number of nitrogens with one attached hydrogen (secondary N) is 1. The highest BCUT2D eigenvalue weighted by Crippen LogP contribution is 2.02. The van der Waals surface area contributed by atoms with Gasteiger partial charge in [0.15, 0.2) is 0 Å². The Kier molecular flexibility index (Phi) is 6.88. The van der Waals surface area contributed by atoms with Crippen LogP contribution < -0.4 is 5.32 Å². The van der Waals surface area contributed by atoms with Gasteiger partial charge in [-0.05, 0) is 26.6 Å². The fourth-order valence-corrected chi connectivity index (χ4v) is 1.80. The molecule has 0 saturated carbocycles. The number of likely N-dealkylation sites (N-methyl/N-ethyl adjacent to an activating group) is 1. The van der Waals surface area contributed by atoms with E-state index in [2.05, 4.69) is 5.32 Å². The van der Waals surface area contributed by atoms with Gasteiger partial charge in [-0.2, -0.15) is 0 Å². The molecule has 0 aliphatic heterocycles. The lowest BCUT2D eigenvalue weighted by Gasteiger charge is -2.22. The van der Waals surface area contributed by atoms with Gasteiger partial charge in [-0.3, -0.25) is 9.59 Å². The summed E-state index contributed by atoms with van der Waals surface area (Å²) in [4.78, 5) is 27.0. The van der Waals surface area contributed by atoms with E-state index >= 15 is 0 Å². The molecule has 0 saturated heterocycles. The number of amides is 2. The van der Waals surface area contributed by atoms with E-state index in [0.717, 1.165) is 12.1 Å². The molecule has 2 amide bonds. The van der Waals surface area contributed by atoms with E-state index in [9.17, 15) is 9.59 Å². The van der Waals surface area contributed by atoms with Crippen LogP contribution in [-0.4, -0.2) is 55.3 Å². The third kappa shape index (κ3) is 6.90. The zero-order chi connectivity index (χ0) is 15.8. The topological polar surface area (TPSA) is 52.7 Å². The van der Waals surface area contributed by atoms with Gasteiger partial charge in [-0.15, -0.1) is 0 Å². The summed E-state index contributed by atoms with van der Waals surface area (Å²) in [7, 11) is 3.88. The first-order valence-corrected chi connectivity index (χ1v) is 7.11. The molecule has 0 atom stereocenters. The Labute approximate surface area is 126 Å². The summed E-state index contributed by atoms with van der Waals surface area (Å²) in [5.74, 6) is -0.216. The van der Waals surface area contributed by atoms with E-state index in [1.54, 1.807) is 4.90 Å². The molecule has 0 aliphatic rings. The number of benzene rings is 1. The molecule has 5 heteroatoms. The predicted molar refractivity (Wildman–Crippen MR) is 83.8 cm³/mol. The van der Waals surface area contributed by atoms with Crippen LogP contribution in [0.2, 0.25) is 0 Å². The van der Waals surface area contributed by atoms with Crippen molar-refractivity contribution < 1.29 is 9.59 Å². The Bertz CT molecular complexity index is 469. The Morgan fingerprint density at radius 1 is 1.10 bits per heavy atom. The molecular formula is C16H25N3O2. The third-order valence-corrected chi connectivity index (χ3v) is 3.21. The van der Waals surface area contributed by atoms with Crippen molar-refractivity contribution in [3.05, 3.63) is 35.4 Å². The van der Waals surface area contributed by atoms with Crippen molar-refractivity contribution in [1.82, 2.24) is 15.1 Å². The lowest BCUT2D eigenvalue weighted by Crippen LogP contribution is -2.42. The third-order valence-electron chi connectivity index (χ3n) is 3.21. The van der Waals surface area contributed by atoms with E-state index in [-0.39, 0.29) is 18.4 Å². The minimum absolute atomic E-state index is 0.0812. The maximum absolute atomic E-state index is 11.9. The summed E-state index contributed by atoms with van der Waals surface area (Å²) in [6, 6.07) is 8.01. The number of hydrogen-bond acceptors (Lipinski definition) is 3. The van der Waals surface area contributed by atoms with Crippen molar-refractivity contribution in [2.24, 2.45) is 0 Å². The van der Waals surface area contributed by atoms with Gasteiger partial charge in [0.1, 0.15) is 0 Å². The highest BCUT2D eigenvalue weighted by Gasteiger charge is 2.13. The minimum Gasteiger partial charge on any atom is -0.350 e. The van der Waals surface area contributed by atoms with Gasteiger partial charge in [0.05, 0.1) is 6.54 Å². The zero-order valence-electron chi connectivity index (χ0n) is 13.3. The summed E-state index contributed by atoms with van der Waals surface area (Å²) in [6.45, 7) is 5.40. The van der Waals surface area contributed by atoms with Gasteiger partial charge < -0.3 is 15.1 Å². The molecule has 0 bridgehead atoms. The molecule has 0 heterocycles. The van der Waals surface area contributed by atoms with Crippen LogP contribution >= 0.6 is 0 Å². The molecule has 1 rings (SSSR count). The maximum atomic E-state index is 11.9. The van der Waals surface area contributed by atoms with Gasteiger partial charge in [-0.1, -0.05) is 29.8 Å². The monoisotopic (exact) mass is 291 g/mol. The molecular weight excluding hydrogens is 266 g/mol. The van der Waals surface area contributed by atoms with Gasteiger partial charge >= 0.3 is 0 Å². The maximum Gasteiger partial charge on any atom is 0.239 e. The molecule has 1 N–H and O–H groups in total. The van der Waals surface area contributed by atoms with Crippen molar-refractivity contribution in [3.8, 4) is 0 Å². The van der Waals surface area contributed by atoms with Gasteiger partial charge in [0, 0.05) is 26.6 Å². The van der Waals surface area contributed by atoms with Gasteiger partial charge in [0.25, 0.3) is 0 Å². The molecule has 5 nitrogen and oxygen atoms in total. The second kappa shape index (κ2) is 8.42. The molecule has 0 unspecified atom stereocenters. The first kappa shape index (κ1) is 17.2. The summed E-state index contributed by atoms with van der Waals surface area (Å²) in [5.41, 5.74) is 2.24. The van der Waals surface area contributed by atoms with Gasteiger partial charge in [0.2, 0.25) is 11.8 Å². The van der Waals surface area contributed by atoms with Crippen molar-refractivity contribution in [2.75, 3.05) is 33.7 Å². The largest absolute Gasteiger partial charge is 0.350 e. The average Bonchev–Trinajstić information content (AvgIpc) is 2.42. The van der Waals surface area contributed by atoms with E-state index in [0.29, 0.717) is 13.1 Å². The first-order chi connectivity index (χ1) is 9.88. The number of carbonyl (C=O) groups is 2. The highest BCUT2D eigenvalue weighted by molar-refractivity contribution is 5.83. The fraction of sp³-hybridized carbons (Fsp3) is 0.500. The summed E-state index contributed by atoms with van der Waals surface area (Å²) >= 11 is 0. The van der Waals surface area contributed by atoms with Crippen LogP contribution in [0.4, 0.5) is 0 Å². The van der Waals surface area contributed by atoms with Crippen LogP contribution in [0.25, 0.3) is 0 Å². The van der Waals surface area contributed by atoms with Crippen molar-refractivity contribution >= 4 is 11.8 Å². The van der Waals surface area contributed by atoms with Crippen LogP contribution in [0, 0.1) is 6.92 Å². The molecule has 0 spiro atoms. The highest BCUT2D eigenvalue weighted by atomic mass is 16.2. The summed E-state index contributed by atoms with van der Waals surface area (Å²) in [5, 5.41) is 2.84. The van der Waals surface area contributed by atoms with Crippen LogP contribution in [-0.2, 0) is 16.1 Å². The van der Waals surface area contributed by atoms with Crippen molar-refractivity contribution in [2.45, 2.75) is 20.4 Å². The number of hydrogen-bond donors (Lipinski definition) is 1. The lowest BCUT2D eigenvalue weighted by atomic mass is 10.1. The molecule has 0 radical (unpaired) electrons. The van der Waals surface area contributed by atoms with Gasteiger partial charge in [-0.25, -0.2) is 0 Å². The SMILES string of the molecule is CC(=O)N(CCN(C)C)CC(=O)NCc1ccc(C)cc1. The average molecular weight is 291 g/mol. The lowest BCUT2D eigenvalue weighted by molar-refractivity contribution is -0.134. The molecule has 0 fully saturated rings. The number of carbonyl (C=O) groups excluding carboxylic acids is 2. The normalized spacial score (nSPS) is 10.5. The van der Waals surface area contributed by atoms with Crippen LogP contribution in [0.1, 0.15) is 18.1 Å². The summed E-state index contributed by atoms with van der Waals surface area (Å²) in [6.07, 6.45) is 0. The Morgan fingerprint density at radius 2 is 1.71 bits per heavy atom.